The maximum absolute atomic E-state index is 5.51. The van der Waals surface area contributed by atoms with Crippen LogP contribution in [0.25, 0.3) is 0 Å². The third-order valence-corrected chi connectivity index (χ3v) is 4.02. The van der Waals surface area contributed by atoms with Gasteiger partial charge in [0.2, 0.25) is 0 Å². The van der Waals surface area contributed by atoms with E-state index in [0.29, 0.717) is 6.54 Å². The van der Waals surface area contributed by atoms with Gasteiger partial charge in [-0.25, -0.2) is 4.98 Å². The predicted octanol–water partition coefficient (Wildman–Crippen LogP) is 2.89. The summed E-state index contributed by atoms with van der Waals surface area (Å²) >= 11 is 3.49. The van der Waals surface area contributed by atoms with Gasteiger partial charge >= 0.3 is 0 Å². The summed E-state index contributed by atoms with van der Waals surface area (Å²) in [5, 5.41) is 3.17. The molecule has 0 unspecified atom stereocenters. The number of nitrogens with zero attached hydrogens (tertiary/aromatic N) is 1. The van der Waals surface area contributed by atoms with Crippen molar-refractivity contribution in [2.45, 2.75) is 17.2 Å². The van der Waals surface area contributed by atoms with E-state index < -0.39 is 0 Å². The molecular weight excluding hydrogens is 224 g/mol. The molecular formula is C11H12N2S2. The van der Waals surface area contributed by atoms with Crippen LogP contribution in [0.4, 0.5) is 0 Å². The van der Waals surface area contributed by atoms with Gasteiger partial charge < -0.3 is 5.73 Å². The van der Waals surface area contributed by atoms with Gasteiger partial charge in [-0.1, -0.05) is 18.2 Å². The zero-order valence-electron chi connectivity index (χ0n) is 8.22. The van der Waals surface area contributed by atoms with Gasteiger partial charge in [0, 0.05) is 16.8 Å². The maximum atomic E-state index is 5.51. The van der Waals surface area contributed by atoms with Crippen molar-refractivity contribution in [3.8, 4) is 0 Å². The van der Waals surface area contributed by atoms with Crippen molar-refractivity contribution in [3.63, 3.8) is 0 Å². The highest BCUT2D eigenvalue weighted by Gasteiger charge is 2.01. The van der Waals surface area contributed by atoms with Gasteiger partial charge in [0.15, 0.2) is 0 Å². The largest absolute Gasteiger partial charge is 0.325 e. The average Bonchev–Trinajstić information content (AvgIpc) is 2.76. The van der Waals surface area contributed by atoms with E-state index in [-0.39, 0.29) is 0 Å². The van der Waals surface area contributed by atoms with Crippen molar-refractivity contribution < 1.29 is 0 Å². The minimum Gasteiger partial charge on any atom is -0.325 e. The zero-order chi connectivity index (χ0) is 10.5. The monoisotopic (exact) mass is 236 g/mol. The summed E-state index contributed by atoms with van der Waals surface area (Å²) in [4.78, 5) is 5.70. The molecule has 0 aliphatic heterocycles. The van der Waals surface area contributed by atoms with Crippen LogP contribution in [0.3, 0.4) is 0 Å². The van der Waals surface area contributed by atoms with E-state index in [1.54, 1.807) is 23.1 Å². The Kier molecular flexibility index (Phi) is 3.77. The zero-order valence-corrected chi connectivity index (χ0v) is 9.85. The second kappa shape index (κ2) is 5.30. The molecule has 2 N–H and O–H groups in total. The van der Waals surface area contributed by atoms with Crippen molar-refractivity contribution >= 4 is 23.1 Å². The van der Waals surface area contributed by atoms with Crippen LogP contribution in [-0.4, -0.2) is 4.98 Å². The highest BCUT2D eigenvalue weighted by atomic mass is 32.2. The number of thioether (sulfide) groups is 1. The summed E-state index contributed by atoms with van der Waals surface area (Å²) < 4.78 is 0. The molecule has 78 valence electrons. The van der Waals surface area contributed by atoms with Crippen LogP contribution in [0.15, 0.2) is 40.6 Å². The Morgan fingerprint density at radius 2 is 2.07 bits per heavy atom. The second-order valence-corrected chi connectivity index (χ2v) is 5.03. The number of nitrogens with two attached hydrogens (primary N) is 1. The van der Waals surface area contributed by atoms with Gasteiger partial charge in [-0.15, -0.1) is 23.1 Å². The number of hydrogen-bond acceptors (Lipinski definition) is 4. The molecule has 0 aliphatic carbocycles. The van der Waals surface area contributed by atoms with Gasteiger partial charge in [0.1, 0.15) is 5.01 Å². The SMILES string of the molecule is NCc1csc(CSc2ccccc2)n1. The summed E-state index contributed by atoms with van der Waals surface area (Å²) in [5.41, 5.74) is 6.50. The fraction of sp³-hybridized carbons (Fsp3) is 0.182. The van der Waals surface area contributed by atoms with E-state index in [1.165, 1.54) is 4.90 Å². The Morgan fingerprint density at radius 1 is 1.27 bits per heavy atom. The van der Waals surface area contributed by atoms with Crippen molar-refractivity contribution in [1.29, 1.82) is 0 Å². The van der Waals surface area contributed by atoms with Gasteiger partial charge in [0.25, 0.3) is 0 Å². The third kappa shape index (κ3) is 3.06. The first kappa shape index (κ1) is 10.7. The van der Waals surface area contributed by atoms with Crippen LogP contribution in [0.5, 0.6) is 0 Å². The molecule has 4 heteroatoms. The number of benzene rings is 1. The van der Waals surface area contributed by atoms with Crippen molar-refractivity contribution in [2.75, 3.05) is 0 Å². The third-order valence-electron chi connectivity index (χ3n) is 1.91. The minimum absolute atomic E-state index is 0.534. The molecule has 0 atom stereocenters. The lowest BCUT2D eigenvalue weighted by Crippen LogP contribution is -1.96. The Hall–Kier alpha value is -0.840. The van der Waals surface area contributed by atoms with Crippen LogP contribution in [0.1, 0.15) is 10.7 Å². The van der Waals surface area contributed by atoms with Gasteiger partial charge in [-0.05, 0) is 12.1 Å². The van der Waals surface area contributed by atoms with Crippen LogP contribution in [-0.2, 0) is 12.3 Å². The first-order valence-electron chi connectivity index (χ1n) is 4.69. The normalized spacial score (nSPS) is 10.5. The summed E-state index contributed by atoms with van der Waals surface area (Å²) in [6, 6.07) is 10.4. The highest BCUT2D eigenvalue weighted by molar-refractivity contribution is 7.98. The molecule has 0 saturated carbocycles. The molecule has 1 aromatic carbocycles. The molecule has 0 spiro atoms. The molecule has 0 saturated heterocycles. The van der Waals surface area contributed by atoms with Crippen LogP contribution in [0, 0.1) is 0 Å². The summed E-state index contributed by atoms with van der Waals surface area (Å²) in [6.45, 7) is 0.534. The van der Waals surface area contributed by atoms with Crippen LogP contribution in [0.2, 0.25) is 0 Å². The molecule has 0 aliphatic rings. The topological polar surface area (TPSA) is 38.9 Å². The van der Waals surface area contributed by atoms with Gasteiger partial charge in [-0.3, -0.25) is 0 Å². The fourth-order valence-corrected chi connectivity index (χ4v) is 2.91. The van der Waals surface area contributed by atoms with Crippen LogP contribution < -0.4 is 5.73 Å². The maximum Gasteiger partial charge on any atom is 0.103 e. The summed E-state index contributed by atoms with van der Waals surface area (Å²) in [6.07, 6.45) is 0. The van der Waals surface area contributed by atoms with Crippen molar-refractivity contribution in [2.24, 2.45) is 5.73 Å². The lowest BCUT2D eigenvalue weighted by Gasteiger charge is -1.97. The van der Waals surface area contributed by atoms with E-state index in [4.69, 9.17) is 5.73 Å². The standard InChI is InChI=1S/C11H12N2S2/c12-6-9-7-15-11(13-9)8-14-10-4-2-1-3-5-10/h1-5,7H,6,8,12H2. The highest BCUT2D eigenvalue weighted by Crippen LogP contribution is 2.23. The first-order chi connectivity index (χ1) is 7.38. The van der Waals surface area contributed by atoms with Crippen molar-refractivity contribution in [3.05, 3.63) is 46.4 Å². The summed E-state index contributed by atoms with van der Waals surface area (Å²) in [5.74, 6) is 0.925. The number of thiazole rings is 1. The molecule has 0 amide bonds. The molecule has 0 bridgehead atoms. The predicted molar refractivity (Wildman–Crippen MR) is 66.0 cm³/mol. The van der Waals surface area contributed by atoms with E-state index in [1.807, 2.05) is 11.4 Å². The van der Waals surface area contributed by atoms with E-state index >= 15 is 0 Å². The molecule has 15 heavy (non-hydrogen) atoms. The van der Waals surface area contributed by atoms with E-state index in [9.17, 15) is 0 Å². The number of aromatic nitrogens is 1. The summed E-state index contributed by atoms with van der Waals surface area (Å²) in [7, 11) is 0. The Morgan fingerprint density at radius 3 is 2.73 bits per heavy atom. The molecule has 2 nitrogen and oxygen atoms in total. The number of rotatable bonds is 4. The van der Waals surface area contributed by atoms with Crippen molar-refractivity contribution in [1.82, 2.24) is 4.98 Å². The van der Waals surface area contributed by atoms with Gasteiger partial charge in [0.05, 0.1) is 11.4 Å². The van der Waals surface area contributed by atoms with E-state index in [0.717, 1.165) is 16.5 Å². The first-order valence-corrected chi connectivity index (χ1v) is 6.56. The molecule has 2 rings (SSSR count). The smallest absolute Gasteiger partial charge is 0.103 e. The Balaban J connectivity index is 1.93. The lowest BCUT2D eigenvalue weighted by molar-refractivity contribution is 0.996. The minimum atomic E-state index is 0.534. The molecule has 0 fully saturated rings. The molecule has 2 aromatic rings. The Bertz CT molecular complexity index is 412. The quantitative estimate of drug-likeness (QED) is 0.830. The van der Waals surface area contributed by atoms with Crippen LogP contribution >= 0.6 is 23.1 Å². The van der Waals surface area contributed by atoms with Gasteiger partial charge in [-0.2, -0.15) is 0 Å². The molecule has 1 aromatic heterocycles. The fourth-order valence-electron chi connectivity index (χ4n) is 1.17. The molecule has 0 radical (unpaired) electrons. The second-order valence-electron chi connectivity index (χ2n) is 3.04. The molecule has 1 heterocycles. The lowest BCUT2D eigenvalue weighted by atomic mass is 10.4. The Labute approximate surface area is 97.5 Å². The number of hydrogen-bond donors (Lipinski definition) is 1. The van der Waals surface area contributed by atoms with E-state index in [2.05, 4.69) is 29.2 Å². The average molecular weight is 236 g/mol.